The molecule has 3 aromatic heterocycles. The number of benzene rings is 1. The van der Waals surface area contributed by atoms with Crippen LogP contribution in [0, 0.1) is 5.92 Å². The number of rotatable bonds is 7. The van der Waals surface area contributed by atoms with Crippen LogP contribution >= 0.6 is 23.2 Å². The van der Waals surface area contributed by atoms with Crippen molar-refractivity contribution < 1.29 is 19.4 Å². The summed E-state index contributed by atoms with van der Waals surface area (Å²) in [5, 5.41) is 14.7. The summed E-state index contributed by atoms with van der Waals surface area (Å²) in [7, 11) is 1.46. The zero-order chi connectivity index (χ0) is 27.4. The highest BCUT2D eigenvalue weighted by molar-refractivity contribution is 6.41. The molecule has 2 atom stereocenters. The van der Waals surface area contributed by atoms with E-state index in [9.17, 15) is 9.90 Å². The first-order valence-electron chi connectivity index (χ1n) is 12.3. The number of phenols is 1. The number of hydrogen-bond donors (Lipinski definition) is 2. The number of aromatic nitrogens is 4. The Morgan fingerprint density at radius 3 is 2.82 bits per heavy atom. The van der Waals surface area contributed by atoms with Crippen LogP contribution in [0.3, 0.4) is 0 Å². The Kier molecular flexibility index (Phi) is 8.71. The third kappa shape index (κ3) is 5.27. The van der Waals surface area contributed by atoms with E-state index in [2.05, 4.69) is 21.9 Å². The van der Waals surface area contributed by atoms with Crippen LogP contribution in [0.15, 0.2) is 43.4 Å². The number of halogens is 2. The molecule has 0 unspecified atom stereocenters. The lowest BCUT2D eigenvalue weighted by molar-refractivity contribution is -0.116. The van der Waals surface area contributed by atoms with Crippen molar-refractivity contribution in [1.29, 1.82) is 0 Å². The van der Waals surface area contributed by atoms with Crippen molar-refractivity contribution in [3.05, 3.63) is 53.4 Å². The standard InChI is InChI=1S/C25H23Cl2N5O4.C2H6/c1-3-15(33)8-13-4-7-36-12-17(13)30-25-29-11-14-9-16(24-28-5-6-32(24)23(14)31-25)20-21(26)18(34)10-19(35-2)22(20)27;1-2/h3,5-6,9-11,13,17,34H,1,4,7-8,12H2,2H3,(H,29,30,31);1-2H3/t13-,17-;/m1./s1. The van der Waals surface area contributed by atoms with Crippen LogP contribution in [0.4, 0.5) is 5.95 Å². The number of fused-ring (bicyclic) bond motifs is 3. The molecule has 0 saturated carbocycles. The van der Waals surface area contributed by atoms with Gasteiger partial charge in [-0.05, 0) is 24.5 Å². The molecule has 9 nitrogen and oxygen atoms in total. The Hall–Kier alpha value is -3.40. The summed E-state index contributed by atoms with van der Waals surface area (Å²) in [4.78, 5) is 25.7. The van der Waals surface area contributed by atoms with Gasteiger partial charge in [0.05, 0.1) is 29.8 Å². The van der Waals surface area contributed by atoms with Crippen LogP contribution in [0.2, 0.25) is 10.0 Å². The van der Waals surface area contributed by atoms with Gasteiger partial charge in [-0.1, -0.05) is 43.6 Å². The SMILES string of the molecule is C=CC(=O)C[C@H]1CCOC[C@H]1Nc1ncc2cc(-c3c(Cl)c(O)cc(OC)c3Cl)c3nccn3c2n1.CC. The number of anilines is 1. The Balaban J connectivity index is 0.00000164. The largest absolute Gasteiger partial charge is 0.506 e. The van der Waals surface area contributed by atoms with Gasteiger partial charge in [0.2, 0.25) is 5.95 Å². The predicted octanol–water partition coefficient (Wildman–Crippen LogP) is 5.95. The number of hydrogen-bond acceptors (Lipinski definition) is 8. The maximum absolute atomic E-state index is 12.0. The third-order valence-electron chi connectivity index (χ3n) is 6.35. The van der Waals surface area contributed by atoms with Crippen LogP contribution in [0.1, 0.15) is 26.7 Å². The highest BCUT2D eigenvalue weighted by Gasteiger charge is 2.28. The topological polar surface area (TPSA) is 111 Å². The molecule has 1 aliphatic heterocycles. The summed E-state index contributed by atoms with van der Waals surface area (Å²) in [6.45, 7) is 8.63. The second-order valence-corrected chi connectivity index (χ2v) is 9.26. The smallest absolute Gasteiger partial charge is 0.224 e. The van der Waals surface area contributed by atoms with Crippen LogP contribution < -0.4 is 10.1 Å². The van der Waals surface area contributed by atoms with E-state index in [1.54, 1.807) is 23.0 Å². The molecule has 2 N–H and O–H groups in total. The van der Waals surface area contributed by atoms with Gasteiger partial charge < -0.3 is 19.9 Å². The van der Waals surface area contributed by atoms with E-state index in [4.69, 9.17) is 37.7 Å². The highest BCUT2D eigenvalue weighted by atomic mass is 35.5. The zero-order valence-corrected chi connectivity index (χ0v) is 22.9. The van der Waals surface area contributed by atoms with Crippen LogP contribution in [0.25, 0.3) is 27.8 Å². The highest BCUT2D eigenvalue weighted by Crippen LogP contribution is 2.47. The minimum atomic E-state index is -0.160. The molecule has 1 fully saturated rings. The van der Waals surface area contributed by atoms with E-state index in [-0.39, 0.29) is 39.3 Å². The number of ether oxygens (including phenoxy) is 2. The zero-order valence-electron chi connectivity index (χ0n) is 21.4. The molecule has 38 heavy (non-hydrogen) atoms. The van der Waals surface area contributed by atoms with Crippen molar-refractivity contribution in [2.45, 2.75) is 32.7 Å². The van der Waals surface area contributed by atoms with Gasteiger partial charge in [-0.15, -0.1) is 0 Å². The minimum Gasteiger partial charge on any atom is -0.506 e. The molecule has 0 bridgehead atoms. The fraction of sp³-hybridized carbons (Fsp3) is 0.333. The van der Waals surface area contributed by atoms with E-state index < -0.39 is 0 Å². The fourth-order valence-corrected chi connectivity index (χ4v) is 5.13. The van der Waals surface area contributed by atoms with Crippen LogP contribution in [-0.2, 0) is 9.53 Å². The van der Waals surface area contributed by atoms with E-state index in [0.717, 1.165) is 6.42 Å². The lowest BCUT2D eigenvalue weighted by atomic mass is 9.90. The average Bonchev–Trinajstić information content (AvgIpc) is 3.44. The van der Waals surface area contributed by atoms with Gasteiger partial charge in [-0.3, -0.25) is 9.20 Å². The molecule has 0 aliphatic carbocycles. The summed E-state index contributed by atoms with van der Waals surface area (Å²) in [6, 6.07) is 3.07. The maximum Gasteiger partial charge on any atom is 0.224 e. The van der Waals surface area contributed by atoms with E-state index in [1.807, 2.05) is 19.9 Å². The van der Waals surface area contributed by atoms with Gasteiger partial charge in [0, 0.05) is 54.2 Å². The average molecular weight is 558 g/mol. The van der Waals surface area contributed by atoms with Gasteiger partial charge in [-0.25, -0.2) is 9.97 Å². The summed E-state index contributed by atoms with van der Waals surface area (Å²) in [5.41, 5.74) is 2.13. The Labute approximate surface area is 230 Å². The summed E-state index contributed by atoms with van der Waals surface area (Å²) < 4.78 is 12.7. The second kappa shape index (κ2) is 12.0. The van der Waals surface area contributed by atoms with Crippen LogP contribution in [0.5, 0.6) is 11.5 Å². The van der Waals surface area contributed by atoms with Crippen molar-refractivity contribution in [3.63, 3.8) is 0 Å². The first kappa shape index (κ1) is 27.6. The molecule has 4 aromatic rings. The Morgan fingerprint density at radius 2 is 2.08 bits per heavy atom. The number of methoxy groups -OCH3 is 1. The lowest BCUT2D eigenvalue weighted by Gasteiger charge is -2.31. The number of imidazole rings is 1. The van der Waals surface area contributed by atoms with E-state index in [1.165, 1.54) is 19.3 Å². The summed E-state index contributed by atoms with van der Waals surface area (Å²) in [5.74, 6) is 0.624. The van der Waals surface area contributed by atoms with Crippen molar-refractivity contribution in [2.75, 3.05) is 25.6 Å². The maximum atomic E-state index is 12.0. The number of phenolic OH excluding ortho intramolecular Hbond substituents is 1. The summed E-state index contributed by atoms with van der Waals surface area (Å²) >= 11 is 13.1. The molecule has 0 amide bonds. The molecule has 4 heterocycles. The Morgan fingerprint density at radius 1 is 1.29 bits per heavy atom. The van der Waals surface area contributed by atoms with Gasteiger partial charge in [0.1, 0.15) is 17.1 Å². The van der Waals surface area contributed by atoms with Gasteiger partial charge >= 0.3 is 0 Å². The predicted molar refractivity (Wildman–Crippen MR) is 149 cm³/mol. The minimum absolute atomic E-state index is 0.00156. The number of carbonyl (C=O) groups is 1. The molecule has 1 saturated heterocycles. The Bertz CT molecular complexity index is 1490. The molecule has 5 rings (SSSR count). The quantitative estimate of drug-likeness (QED) is 0.268. The third-order valence-corrected chi connectivity index (χ3v) is 7.11. The van der Waals surface area contributed by atoms with Crippen LogP contribution in [-0.4, -0.2) is 56.6 Å². The summed E-state index contributed by atoms with van der Waals surface area (Å²) in [6.07, 6.45) is 7.60. The molecule has 11 heteroatoms. The number of allylic oxidation sites excluding steroid dienone is 1. The molecular formula is C27H29Cl2N5O4. The normalized spacial score (nSPS) is 17.1. The monoisotopic (exact) mass is 557 g/mol. The number of nitrogens with zero attached hydrogens (tertiary/aromatic N) is 4. The molecule has 0 radical (unpaired) electrons. The van der Waals surface area contributed by atoms with Gasteiger partial charge in [-0.2, -0.15) is 4.98 Å². The molecule has 200 valence electrons. The second-order valence-electron chi connectivity index (χ2n) is 8.50. The lowest BCUT2D eigenvalue weighted by Crippen LogP contribution is -2.40. The van der Waals surface area contributed by atoms with E-state index in [0.29, 0.717) is 53.4 Å². The first-order valence-corrected chi connectivity index (χ1v) is 13.0. The van der Waals surface area contributed by atoms with Crippen molar-refractivity contribution >= 4 is 51.6 Å². The fourth-order valence-electron chi connectivity index (χ4n) is 4.50. The molecule has 1 aromatic carbocycles. The number of nitrogens with one attached hydrogen (secondary N) is 1. The molecule has 0 spiro atoms. The van der Waals surface area contributed by atoms with Crippen molar-refractivity contribution in [1.82, 2.24) is 19.4 Å². The first-order chi connectivity index (χ1) is 18.4. The van der Waals surface area contributed by atoms with Gasteiger partial charge in [0.25, 0.3) is 0 Å². The van der Waals surface area contributed by atoms with E-state index >= 15 is 0 Å². The van der Waals surface area contributed by atoms with Gasteiger partial charge in [0.15, 0.2) is 11.4 Å². The van der Waals surface area contributed by atoms with Crippen molar-refractivity contribution in [2.24, 2.45) is 5.92 Å². The number of aromatic hydroxyl groups is 1. The molecule has 1 aliphatic rings. The molecular weight excluding hydrogens is 529 g/mol. The van der Waals surface area contributed by atoms with Crippen molar-refractivity contribution in [3.8, 4) is 22.6 Å². The number of pyridine rings is 1. The number of ketones is 1. The number of carbonyl (C=O) groups excluding carboxylic acids is 1.